The summed E-state index contributed by atoms with van der Waals surface area (Å²) in [5, 5.41) is 14.5. The number of aromatic nitrogens is 3. The van der Waals surface area contributed by atoms with Crippen molar-refractivity contribution in [3.63, 3.8) is 0 Å². The molecule has 5 nitrogen and oxygen atoms in total. The molecule has 2 aromatic heterocycles. The van der Waals surface area contributed by atoms with Crippen LogP contribution in [0.1, 0.15) is 18.9 Å². The number of hydrogen-bond donors (Lipinski definition) is 1. The van der Waals surface area contributed by atoms with Gasteiger partial charge in [0.15, 0.2) is 5.01 Å². The Morgan fingerprint density at radius 3 is 2.72 bits per heavy atom. The molecule has 0 spiro atoms. The molecule has 0 fully saturated rings. The van der Waals surface area contributed by atoms with Gasteiger partial charge in [0.1, 0.15) is 5.01 Å². The summed E-state index contributed by atoms with van der Waals surface area (Å²) in [6.45, 7) is 5.03. The number of rotatable bonds is 5. The molecule has 0 aliphatic carbocycles. The second kappa shape index (κ2) is 5.73. The minimum Gasteiger partial charge on any atom is -0.358 e. The number of nitrogens with one attached hydrogen (secondary N) is 1. The summed E-state index contributed by atoms with van der Waals surface area (Å²) in [6, 6.07) is 0.372. The number of anilines is 1. The molecule has 18 heavy (non-hydrogen) atoms. The molecule has 0 bridgehead atoms. The maximum absolute atomic E-state index is 4.40. The summed E-state index contributed by atoms with van der Waals surface area (Å²) in [5.41, 5.74) is 0. The Morgan fingerprint density at radius 2 is 2.06 bits per heavy atom. The number of thiazole rings is 1. The van der Waals surface area contributed by atoms with E-state index in [0.29, 0.717) is 6.04 Å². The fourth-order valence-corrected chi connectivity index (χ4v) is 3.34. The lowest BCUT2D eigenvalue weighted by Gasteiger charge is -2.04. The highest BCUT2D eigenvalue weighted by molar-refractivity contribution is 7.23. The van der Waals surface area contributed by atoms with Gasteiger partial charge < -0.3 is 10.2 Å². The van der Waals surface area contributed by atoms with Gasteiger partial charge in [0.2, 0.25) is 5.13 Å². The van der Waals surface area contributed by atoms with Crippen LogP contribution in [-0.4, -0.2) is 40.2 Å². The van der Waals surface area contributed by atoms with Gasteiger partial charge in [0.05, 0.1) is 4.88 Å². The molecule has 0 unspecified atom stereocenters. The summed E-state index contributed by atoms with van der Waals surface area (Å²) in [7, 11) is 4.08. The third-order valence-electron chi connectivity index (χ3n) is 2.05. The smallest absolute Gasteiger partial charge is 0.206 e. The first-order valence-electron chi connectivity index (χ1n) is 5.74. The van der Waals surface area contributed by atoms with Crippen LogP contribution in [0.4, 0.5) is 5.13 Å². The molecular formula is C11H17N5S2. The highest BCUT2D eigenvalue weighted by Crippen LogP contribution is 2.31. The topological polar surface area (TPSA) is 53.9 Å². The molecule has 0 aromatic carbocycles. The van der Waals surface area contributed by atoms with Crippen molar-refractivity contribution in [2.75, 3.05) is 19.4 Å². The first kappa shape index (κ1) is 13.4. The van der Waals surface area contributed by atoms with Gasteiger partial charge in [-0.1, -0.05) is 11.3 Å². The number of nitrogens with zero attached hydrogens (tertiary/aromatic N) is 4. The molecule has 0 atom stereocenters. The van der Waals surface area contributed by atoms with Crippen LogP contribution in [-0.2, 0) is 6.54 Å². The quantitative estimate of drug-likeness (QED) is 0.914. The van der Waals surface area contributed by atoms with Crippen LogP contribution in [0.25, 0.3) is 9.88 Å². The molecular weight excluding hydrogens is 266 g/mol. The lowest BCUT2D eigenvalue weighted by atomic mass is 10.4. The highest BCUT2D eigenvalue weighted by atomic mass is 32.1. The molecule has 0 saturated heterocycles. The Balaban J connectivity index is 2.11. The van der Waals surface area contributed by atoms with E-state index in [2.05, 4.69) is 39.2 Å². The largest absolute Gasteiger partial charge is 0.358 e. The molecule has 0 aliphatic heterocycles. The first-order valence-corrected chi connectivity index (χ1v) is 7.37. The Kier molecular flexibility index (Phi) is 4.26. The minimum atomic E-state index is 0.372. The van der Waals surface area contributed by atoms with E-state index in [1.165, 1.54) is 0 Å². The normalized spacial score (nSPS) is 11.4. The van der Waals surface area contributed by atoms with E-state index in [0.717, 1.165) is 26.6 Å². The van der Waals surface area contributed by atoms with Gasteiger partial charge in [-0.05, 0) is 27.9 Å². The average Bonchev–Trinajstić information content (AvgIpc) is 2.85. The van der Waals surface area contributed by atoms with E-state index in [4.69, 9.17) is 0 Å². The van der Waals surface area contributed by atoms with Crippen molar-refractivity contribution in [3.8, 4) is 9.88 Å². The van der Waals surface area contributed by atoms with Gasteiger partial charge in [-0.25, -0.2) is 4.98 Å². The SMILES string of the molecule is CC(C)Nc1nnc(-c2cnc(CN(C)C)s2)s1. The molecule has 7 heteroatoms. The third-order valence-corrected chi connectivity index (χ3v) is 4.06. The Morgan fingerprint density at radius 1 is 1.28 bits per heavy atom. The first-order chi connectivity index (χ1) is 8.54. The second-order valence-electron chi connectivity index (χ2n) is 4.57. The lowest BCUT2D eigenvalue weighted by Crippen LogP contribution is -2.09. The third kappa shape index (κ3) is 3.47. The molecule has 0 amide bonds. The van der Waals surface area contributed by atoms with Gasteiger partial charge in [-0.15, -0.1) is 21.5 Å². The zero-order chi connectivity index (χ0) is 13.1. The molecule has 0 radical (unpaired) electrons. The Hall–Kier alpha value is -1.05. The summed E-state index contributed by atoms with van der Waals surface area (Å²) in [4.78, 5) is 7.59. The molecule has 2 aromatic rings. The lowest BCUT2D eigenvalue weighted by molar-refractivity contribution is 0.401. The van der Waals surface area contributed by atoms with Crippen LogP contribution in [0.5, 0.6) is 0 Å². The predicted octanol–water partition coefficient (Wildman–Crippen LogP) is 2.54. The van der Waals surface area contributed by atoms with E-state index >= 15 is 0 Å². The van der Waals surface area contributed by atoms with E-state index in [9.17, 15) is 0 Å². The van der Waals surface area contributed by atoms with E-state index < -0.39 is 0 Å². The van der Waals surface area contributed by atoms with Crippen molar-refractivity contribution in [2.24, 2.45) is 0 Å². The fourth-order valence-electron chi connectivity index (χ4n) is 1.38. The molecule has 0 saturated carbocycles. The van der Waals surface area contributed by atoms with Crippen LogP contribution in [0.15, 0.2) is 6.20 Å². The van der Waals surface area contributed by atoms with Crippen molar-refractivity contribution in [2.45, 2.75) is 26.4 Å². The minimum absolute atomic E-state index is 0.372. The van der Waals surface area contributed by atoms with Crippen LogP contribution in [0.3, 0.4) is 0 Å². The van der Waals surface area contributed by atoms with Crippen LogP contribution in [0, 0.1) is 0 Å². The summed E-state index contributed by atoms with van der Waals surface area (Å²) in [6.07, 6.45) is 1.88. The summed E-state index contributed by atoms with van der Waals surface area (Å²) >= 11 is 3.24. The van der Waals surface area contributed by atoms with Crippen molar-refractivity contribution in [1.29, 1.82) is 0 Å². The maximum atomic E-state index is 4.40. The van der Waals surface area contributed by atoms with E-state index in [1.54, 1.807) is 22.7 Å². The van der Waals surface area contributed by atoms with Gasteiger partial charge in [0.25, 0.3) is 0 Å². The van der Waals surface area contributed by atoms with Gasteiger partial charge >= 0.3 is 0 Å². The van der Waals surface area contributed by atoms with Gasteiger partial charge in [0, 0.05) is 18.8 Å². The fraction of sp³-hybridized carbons (Fsp3) is 0.545. The van der Waals surface area contributed by atoms with Crippen molar-refractivity contribution < 1.29 is 0 Å². The van der Waals surface area contributed by atoms with Gasteiger partial charge in [-0.2, -0.15) is 0 Å². The monoisotopic (exact) mass is 283 g/mol. The molecule has 98 valence electrons. The maximum Gasteiger partial charge on any atom is 0.206 e. The van der Waals surface area contributed by atoms with Crippen molar-refractivity contribution in [1.82, 2.24) is 20.1 Å². The van der Waals surface area contributed by atoms with Crippen molar-refractivity contribution >= 4 is 27.8 Å². The highest BCUT2D eigenvalue weighted by Gasteiger charge is 2.11. The Bertz CT molecular complexity index is 457. The van der Waals surface area contributed by atoms with E-state index in [1.807, 2.05) is 20.3 Å². The zero-order valence-electron chi connectivity index (χ0n) is 11.0. The van der Waals surface area contributed by atoms with Crippen LogP contribution in [0.2, 0.25) is 0 Å². The predicted molar refractivity (Wildman–Crippen MR) is 77.2 cm³/mol. The summed E-state index contributed by atoms with van der Waals surface area (Å²) < 4.78 is 0. The van der Waals surface area contributed by atoms with Gasteiger partial charge in [-0.3, -0.25) is 0 Å². The van der Waals surface area contributed by atoms with E-state index in [-0.39, 0.29) is 0 Å². The zero-order valence-corrected chi connectivity index (χ0v) is 12.6. The average molecular weight is 283 g/mol. The van der Waals surface area contributed by atoms with Crippen LogP contribution < -0.4 is 5.32 Å². The summed E-state index contributed by atoms with van der Waals surface area (Å²) in [5.74, 6) is 0. The van der Waals surface area contributed by atoms with Crippen molar-refractivity contribution in [3.05, 3.63) is 11.2 Å². The second-order valence-corrected chi connectivity index (χ2v) is 6.66. The van der Waals surface area contributed by atoms with Crippen LogP contribution >= 0.6 is 22.7 Å². The molecule has 2 heterocycles. The standard InChI is InChI=1S/C11H17N5S2/c1-7(2)13-11-15-14-10(18-11)8-5-12-9(17-8)6-16(3)4/h5,7H,6H2,1-4H3,(H,13,15). The molecule has 1 N–H and O–H groups in total. The number of hydrogen-bond acceptors (Lipinski definition) is 7. The Labute approximate surface area is 115 Å². The molecule has 0 aliphatic rings. The molecule has 2 rings (SSSR count).